The zero-order valence-electron chi connectivity index (χ0n) is 13.5. The Morgan fingerprint density at radius 1 is 0.833 bits per heavy atom. The van der Waals surface area contributed by atoms with E-state index in [1.807, 2.05) is 12.1 Å². The van der Waals surface area contributed by atoms with Crippen molar-refractivity contribution in [2.45, 2.75) is 19.3 Å². The highest BCUT2D eigenvalue weighted by Gasteiger charge is 2.05. The van der Waals surface area contributed by atoms with Gasteiger partial charge in [0.15, 0.2) is 5.78 Å². The van der Waals surface area contributed by atoms with Crippen molar-refractivity contribution in [2.75, 3.05) is 39.6 Å². The Labute approximate surface area is 150 Å². The van der Waals surface area contributed by atoms with E-state index in [4.69, 9.17) is 19.3 Å². The lowest BCUT2D eigenvalue weighted by molar-refractivity contribution is -0.138. The van der Waals surface area contributed by atoms with E-state index in [1.54, 1.807) is 12.1 Å². The molecule has 7 heteroatoms. The van der Waals surface area contributed by atoms with Crippen molar-refractivity contribution < 1.29 is 28.9 Å². The molecule has 0 saturated carbocycles. The van der Waals surface area contributed by atoms with Gasteiger partial charge in [-0.3, -0.25) is 9.59 Å². The zero-order chi connectivity index (χ0) is 17.6. The molecule has 0 unspecified atom stereocenters. The third-order valence-corrected chi connectivity index (χ3v) is 3.59. The molecule has 6 nitrogen and oxygen atoms in total. The maximum Gasteiger partial charge on any atom is 0.305 e. The summed E-state index contributed by atoms with van der Waals surface area (Å²) in [5, 5.41) is 8.42. The maximum absolute atomic E-state index is 11.9. The van der Waals surface area contributed by atoms with Crippen LogP contribution in [-0.2, 0) is 19.0 Å². The molecule has 0 fully saturated rings. The van der Waals surface area contributed by atoms with E-state index >= 15 is 0 Å². The van der Waals surface area contributed by atoms with Gasteiger partial charge in [-0.1, -0.05) is 28.1 Å². The van der Waals surface area contributed by atoms with Gasteiger partial charge in [-0.2, -0.15) is 0 Å². The van der Waals surface area contributed by atoms with E-state index in [-0.39, 0.29) is 18.8 Å². The normalized spacial score (nSPS) is 10.7. The van der Waals surface area contributed by atoms with Crippen LogP contribution in [0, 0.1) is 0 Å². The molecule has 0 bridgehead atoms. The molecule has 24 heavy (non-hydrogen) atoms. The molecule has 0 atom stereocenters. The summed E-state index contributed by atoms with van der Waals surface area (Å²) in [5.74, 6) is -0.760. The van der Waals surface area contributed by atoms with Crippen LogP contribution in [0.3, 0.4) is 0 Å². The first kappa shape index (κ1) is 20.8. The average Bonchev–Trinajstić information content (AvgIpc) is 2.56. The van der Waals surface area contributed by atoms with Crippen LogP contribution in [-0.4, -0.2) is 56.5 Å². The van der Waals surface area contributed by atoms with E-state index in [2.05, 4.69) is 15.9 Å². The summed E-state index contributed by atoms with van der Waals surface area (Å²) >= 11 is 3.34. The summed E-state index contributed by atoms with van der Waals surface area (Å²) in [4.78, 5) is 22.2. The number of ketones is 1. The van der Waals surface area contributed by atoms with E-state index in [9.17, 15) is 9.59 Å². The third-order valence-electron chi connectivity index (χ3n) is 3.06. The minimum atomic E-state index is -0.872. The van der Waals surface area contributed by atoms with Gasteiger partial charge in [-0.05, 0) is 18.6 Å². The molecule has 0 aliphatic carbocycles. The number of aliphatic carboxylic acids is 1. The number of carboxylic acid groups (broad SMARTS) is 1. The number of Topliss-reactive ketones (excluding diaryl/α,β-unsaturated/α-hetero) is 1. The Kier molecular flexibility index (Phi) is 11.3. The van der Waals surface area contributed by atoms with Gasteiger partial charge in [0.25, 0.3) is 0 Å². The number of carbonyl (C=O) groups excluding carboxylic acids is 1. The first-order valence-corrected chi connectivity index (χ1v) is 8.62. The first-order valence-electron chi connectivity index (χ1n) is 7.83. The Hall–Kier alpha value is -1.28. The number of carbonyl (C=O) groups is 2. The molecular weight excluding hydrogens is 380 g/mol. The molecule has 1 aromatic rings. The fourth-order valence-electron chi connectivity index (χ4n) is 1.82. The molecule has 1 N–H and O–H groups in total. The molecule has 0 spiro atoms. The van der Waals surface area contributed by atoms with Crippen LogP contribution in [0.1, 0.15) is 29.6 Å². The highest BCUT2D eigenvalue weighted by molar-refractivity contribution is 9.10. The summed E-state index contributed by atoms with van der Waals surface area (Å²) in [6.45, 7) is 2.40. The van der Waals surface area contributed by atoms with Gasteiger partial charge in [0.05, 0.1) is 39.5 Å². The van der Waals surface area contributed by atoms with Crippen LogP contribution in [0.25, 0.3) is 0 Å². The van der Waals surface area contributed by atoms with Gasteiger partial charge < -0.3 is 19.3 Å². The molecule has 0 aliphatic heterocycles. The predicted molar refractivity (Wildman–Crippen MR) is 92.4 cm³/mol. The summed E-state index contributed by atoms with van der Waals surface area (Å²) < 4.78 is 16.7. The summed E-state index contributed by atoms with van der Waals surface area (Å²) in [5.41, 5.74) is 0.712. The summed E-state index contributed by atoms with van der Waals surface area (Å²) in [6.07, 6.45) is 1.13. The van der Waals surface area contributed by atoms with Gasteiger partial charge in [0.1, 0.15) is 0 Å². The fourth-order valence-corrected chi connectivity index (χ4v) is 2.08. The summed E-state index contributed by atoms with van der Waals surface area (Å²) in [7, 11) is 0. The number of hydrogen-bond donors (Lipinski definition) is 1. The number of hydrogen-bond acceptors (Lipinski definition) is 5. The highest BCUT2D eigenvalue weighted by Crippen LogP contribution is 2.12. The largest absolute Gasteiger partial charge is 0.481 e. The van der Waals surface area contributed by atoms with Crippen LogP contribution in [0.2, 0.25) is 0 Å². The van der Waals surface area contributed by atoms with Gasteiger partial charge in [-0.25, -0.2) is 0 Å². The van der Waals surface area contributed by atoms with Crippen molar-refractivity contribution in [3.8, 4) is 0 Å². The average molecular weight is 403 g/mol. The molecular formula is C17H23BrO6. The van der Waals surface area contributed by atoms with Crippen molar-refractivity contribution in [1.82, 2.24) is 0 Å². The van der Waals surface area contributed by atoms with Gasteiger partial charge in [0, 0.05) is 23.1 Å². The minimum Gasteiger partial charge on any atom is -0.481 e. The molecule has 1 rings (SSSR count). The monoisotopic (exact) mass is 402 g/mol. The Morgan fingerprint density at radius 3 is 1.96 bits per heavy atom. The van der Waals surface area contributed by atoms with E-state index in [0.717, 1.165) is 4.47 Å². The van der Waals surface area contributed by atoms with Crippen LogP contribution >= 0.6 is 15.9 Å². The standard InChI is InChI=1S/C17H23BrO6/c18-15-5-3-14(4-6-15)16(19)2-1-8-22-10-12-24-13-11-23-9-7-17(20)21/h3-6H,1-2,7-13H2,(H,20,21). The number of benzene rings is 1. The quantitative estimate of drug-likeness (QED) is 0.380. The van der Waals surface area contributed by atoms with Crippen molar-refractivity contribution in [3.63, 3.8) is 0 Å². The van der Waals surface area contributed by atoms with Gasteiger partial charge in [0.2, 0.25) is 0 Å². The predicted octanol–water partition coefficient (Wildman–Crippen LogP) is 2.94. The molecule has 1 aromatic carbocycles. The Bertz CT molecular complexity index is 488. The number of halogens is 1. The molecule has 0 radical (unpaired) electrons. The summed E-state index contributed by atoms with van der Waals surface area (Å²) in [6, 6.07) is 7.32. The van der Waals surface area contributed by atoms with Crippen molar-refractivity contribution >= 4 is 27.7 Å². The maximum atomic E-state index is 11.9. The second kappa shape index (κ2) is 13.1. The minimum absolute atomic E-state index is 0.00207. The first-order chi connectivity index (χ1) is 11.6. The Morgan fingerprint density at radius 2 is 1.38 bits per heavy atom. The van der Waals surface area contributed by atoms with Crippen molar-refractivity contribution in [3.05, 3.63) is 34.3 Å². The van der Waals surface area contributed by atoms with Crippen molar-refractivity contribution in [2.24, 2.45) is 0 Å². The lowest BCUT2D eigenvalue weighted by Crippen LogP contribution is -2.11. The van der Waals surface area contributed by atoms with Crippen LogP contribution in [0.4, 0.5) is 0 Å². The van der Waals surface area contributed by atoms with Gasteiger partial charge >= 0.3 is 5.97 Å². The smallest absolute Gasteiger partial charge is 0.305 e. The second-order valence-electron chi connectivity index (χ2n) is 5.01. The molecule has 0 amide bonds. The zero-order valence-corrected chi connectivity index (χ0v) is 15.1. The fraction of sp³-hybridized carbons (Fsp3) is 0.529. The molecule has 0 saturated heterocycles. The van der Waals surface area contributed by atoms with E-state index < -0.39 is 5.97 Å². The number of rotatable bonds is 14. The third kappa shape index (κ3) is 10.5. The highest BCUT2D eigenvalue weighted by atomic mass is 79.9. The van der Waals surface area contributed by atoms with E-state index in [1.165, 1.54) is 0 Å². The van der Waals surface area contributed by atoms with E-state index in [0.29, 0.717) is 51.4 Å². The molecule has 0 aliphatic rings. The molecule has 134 valence electrons. The van der Waals surface area contributed by atoms with Gasteiger partial charge in [-0.15, -0.1) is 0 Å². The topological polar surface area (TPSA) is 82.1 Å². The molecule has 0 aromatic heterocycles. The van der Waals surface area contributed by atoms with Crippen LogP contribution in [0.15, 0.2) is 28.7 Å². The molecule has 0 heterocycles. The Balaban J connectivity index is 1.89. The number of ether oxygens (including phenoxy) is 3. The lowest BCUT2D eigenvalue weighted by atomic mass is 10.1. The second-order valence-corrected chi connectivity index (χ2v) is 5.93. The number of carboxylic acids is 1. The van der Waals surface area contributed by atoms with Crippen LogP contribution in [0.5, 0.6) is 0 Å². The van der Waals surface area contributed by atoms with Crippen molar-refractivity contribution in [1.29, 1.82) is 0 Å². The van der Waals surface area contributed by atoms with Crippen LogP contribution < -0.4 is 0 Å². The lowest BCUT2D eigenvalue weighted by Gasteiger charge is -2.06. The SMILES string of the molecule is O=C(O)CCOCCOCCOCCCC(=O)c1ccc(Br)cc1.